The van der Waals surface area contributed by atoms with Crippen molar-refractivity contribution in [1.29, 1.82) is 0 Å². The number of halogens is 2. The van der Waals surface area contributed by atoms with Gasteiger partial charge in [-0.3, -0.25) is 0 Å². The predicted octanol–water partition coefficient (Wildman–Crippen LogP) is 2.27. The first kappa shape index (κ1) is 16.3. The molecular weight excluding hydrogens is 300 g/mol. The van der Waals surface area contributed by atoms with E-state index in [0.717, 1.165) is 31.4 Å². The average Bonchev–Trinajstić information content (AvgIpc) is 2.40. The molecule has 0 aromatic heterocycles. The van der Waals surface area contributed by atoms with E-state index in [1.165, 1.54) is 4.31 Å². The minimum Gasteiger partial charge on any atom is -0.392 e. The molecule has 0 unspecified atom stereocenters. The van der Waals surface area contributed by atoms with Gasteiger partial charge in [0, 0.05) is 13.1 Å². The maximum Gasteiger partial charge on any atom is 0.246 e. The highest BCUT2D eigenvalue weighted by Crippen LogP contribution is 2.30. The molecule has 0 amide bonds. The van der Waals surface area contributed by atoms with Crippen molar-refractivity contribution in [2.75, 3.05) is 13.1 Å². The minimum absolute atomic E-state index is 0.0344. The molecule has 2 rings (SSSR count). The van der Waals surface area contributed by atoms with Crippen LogP contribution in [-0.4, -0.2) is 30.9 Å². The zero-order valence-electron chi connectivity index (χ0n) is 11.8. The fourth-order valence-electron chi connectivity index (χ4n) is 2.40. The molecule has 1 saturated carbocycles. The first-order chi connectivity index (χ1) is 9.90. The van der Waals surface area contributed by atoms with Gasteiger partial charge in [-0.25, -0.2) is 17.2 Å². The van der Waals surface area contributed by atoms with Gasteiger partial charge >= 0.3 is 0 Å². The number of sulfonamides is 1. The molecule has 1 fully saturated rings. The second-order valence-electron chi connectivity index (χ2n) is 5.30. The first-order valence-corrected chi connectivity index (χ1v) is 8.43. The summed E-state index contributed by atoms with van der Waals surface area (Å²) >= 11 is 0. The van der Waals surface area contributed by atoms with Gasteiger partial charge in [-0.1, -0.05) is 13.3 Å². The second kappa shape index (κ2) is 6.37. The molecule has 0 bridgehead atoms. The predicted molar refractivity (Wildman–Crippen MR) is 74.1 cm³/mol. The quantitative estimate of drug-likeness (QED) is 0.875. The summed E-state index contributed by atoms with van der Waals surface area (Å²) in [5.74, 6) is -2.37. The van der Waals surface area contributed by atoms with Crippen LogP contribution in [0.25, 0.3) is 0 Å². The lowest BCUT2D eigenvalue weighted by atomic mass is 9.85. The Morgan fingerprint density at radius 2 is 2.00 bits per heavy atom. The van der Waals surface area contributed by atoms with Gasteiger partial charge in [-0.2, -0.15) is 4.31 Å². The molecule has 1 aliphatic rings. The third-order valence-corrected chi connectivity index (χ3v) is 5.83. The molecule has 1 aromatic carbocycles. The third-order valence-electron chi connectivity index (χ3n) is 3.89. The van der Waals surface area contributed by atoms with Crippen LogP contribution < -0.4 is 0 Å². The molecule has 0 spiro atoms. The number of benzene rings is 1. The number of aliphatic hydroxyl groups is 1. The minimum atomic E-state index is -4.10. The third kappa shape index (κ3) is 3.25. The number of aliphatic hydroxyl groups excluding tert-OH is 1. The second-order valence-corrected chi connectivity index (χ2v) is 7.21. The van der Waals surface area contributed by atoms with E-state index in [1.807, 2.05) is 0 Å². The van der Waals surface area contributed by atoms with E-state index < -0.39 is 33.2 Å². The molecule has 118 valence electrons. The normalized spacial score (nSPS) is 16.2. The lowest BCUT2D eigenvalue weighted by Gasteiger charge is -2.31. The van der Waals surface area contributed by atoms with Crippen molar-refractivity contribution in [1.82, 2.24) is 4.31 Å². The highest BCUT2D eigenvalue weighted by molar-refractivity contribution is 7.89. The summed E-state index contributed by atoms with van der Waals surface area (Å²) < 4.78 is 53.6. The lowest BCUT2D eigenvalue weighted by Crippen LogP contribution is -2.37. The summed E-state index contributed by atoms with van der Waals surface area (Å²) in [5.41, 5.74) is 0.0344. The maximum absolute atomic E-state index is 13.9. The molecule has 21 heavy (non-hydrogen) atoms. The van der Waals surface area contributed by atoms with Crippen molar-refractivity contribution < 1.29 is 22.3 Å². The van der Waals surface area contributed by atoms with E-state index in [0.29, 0.717) is 6.54 Å². The molecule has 7 heteroatoms. The molecular formula is C14H19F2NO3S. The summed E-state index contributed by atoms with van der Waals surface area (Å²) in [7, 11) is -4.10. The van der Waals surface area contributed by atoms with Crippen molar-refractivity contribution in [2.45, 2.75) is 37.7 Å². The largest absolute Gasteiger partial charge is 0.392 e. The SMILES string of the molecule is CCN(CC1CCC1)S(=O)(=O)c1cc(CO)cc(F)c1F. The Labute approximate surface area is 123 Å². The number of hydrogen-bond acceptors (Lipinski definition) is 3. The van der Waals surface area contributed by atoms with Crippen molar-refractivity contribution in [3.63, 3.8) is 0 Å². The fraction of sp³-hybridized carbons (Fsp3) is 0.571. The number of nitrogens with zero attached hydrogens (tertiary/aromatic N) is 1. The molecule has 0 heterocycles. The van der Waals surface area contributed by atoms with E-state index in [-0.39, 0.29) is 18.0 Å². The van der Waals surface area contributed by atoms with Crippen LogP contribution in [-0.2, 0) is 16.6 Å². The van der Waals surface area contributed by atoms with Crippen LogP contribution in [0.1, 0.15) is 31.7 Å². The van der Waals surface area contributed by atoms with Crippen LogP contribution in [0.15, 0.2) is 17.0 Å². The molecule has 1 aromatic rings. The Bertz CT molecular complexity index is 615. The van der Waals surface area contributed by atoms with E-state index in [9.17, 15) is 17.2 Å². The van der Waals surface area contributed by atoms with Gasteiger partial charge in [0.1, 0.15) is 4.90 Å². The van der Waals surface area contributed by atoms with Crippen molar-refractivity contribution >= 4 is 10.0 Å². The molecule has 0 aliphatic heterocycles. The number of rotatable bonds is 6. The first-order valence-electron chi connectivity index (χ1n) is 6.99. The van der Waals surface area contributed by atoms with Gasteiger partial charge in [0.15, 0.2) is 11.6 Å². The van der Waals surface area contributed by atoms with E-state index in [2.05, 4.69) is 0 Å². The molecule has 0 saturated heterocycles. The highest BCUT2D eigenvalue weighted by atomic mass is 32.2. The fourth-order valence-corrected chi connectivity index (χ4v) is 4.05. The summed E-state index contributed by atoms with van der Waals surface area (Å²) in [6.07, 6.45) is 2.99. The molecule has 0 atom stereocenters. The smallest absolute Gasteiger partial charge is 0.246 e. The molecule has 0 radical (unpaired) electrons. The zero-order chi connectivity index (χ0) is 15.6. The van der Waals surface area contributed by atoms with Crippen LogP contribution in [0.2, 0.25) is 0 Å². The summed E-state index contributed by atoms with van der Waals surface area (Å²) in [6, 6.07) is 1.80. The van der Waals surface area contributed by atoms with Crippen molar-refractivity contribution in [3.8, 4) is 0 Å². The van der Waals surface area contributed by atoms with Crippen LogP contribution in [0.5, 0.6) is 0 Å². The van der Waals surface area contributed by atoms with E-state index >= 15 is 0 Å². The standard InChI is InChI=1S/C14H19F2NO3S/c1-2-17(8-10-4-3-5-10)21(19,20)13-7-11(9-18)6-12(15)14(13)16/h6-7,10,18H,2-5,8-9H2,1H3. The molecule has 4 nitrogen and oxygen atoms in total. The summed E-state index contributed by atoms with van der Waals surface area (Å²) in [4.78, 5) is -0.701. The Hall–Kier alpha value is -1.05. The Morgan fingerprint density at radius 1 is 1.33 bits per heavy atom. The summed E-state index contributed by atoms with van der Waals surface area (Å²) in [5, 5.41) is 9.03. The molecule has 1 N–H and O–H groups in total. The van der Waals surface area contributed by atoms with E-state index in [4.69, 9.17) is 5.11 Å². The van der Waals surface area contributed by atoms with Gasteiger partial charge < -0.3 is 5.11 Å². The van der Waals surface area contributed by atoms with Crippen LogP contribution in [0.4, 0.5) is 8.78 Å². The maximum atomic E-state index is 13.9. The lowest BCUT2D eigenvalue weighted by molar-refractivity contribution is 0.249. The highest BCUT2D eigenvalue weighted by Gasteiger charge is 2.31. The van der Waals surface area contributed by atoms with Crippen LogP contribution >= 0.6 is 0 Å². The van der Waals surface area contributed by atoms with Crippen molar-refractivity contribution in [3.05, 3.63) is 29.3 Å². The monoisotopic (exact) mass is 319 g/mol. The van der Waals surface area contributed by atoms with Gasteiger partial charge in [-0.15, -0.1) is 0 Å². The van der Waals surface area contributed by atoms with Gasteiger partial charge in [0.05, 0.1) is 6.61 Å². The Kier molecular flexibility index (Phi) is 4.95. The molecule has 1 aliphatic carbocycles. The van der Waals surface area contributed by atoms with Gasteiger partial charge in [-0.05, 0) is 36.5 Å². The van der Waals surface area contributed by atoms with E-state index in [1.54, 1.807) is 6.92 Å². The van der Waals surface area contributed by atoms with Gasteiger partial charge in [0.2, 0.25) is 10.0 Å². The average molecular weight is 319 g/mol. The van der Waals surface area contributed by atoms with Crippen LogP contribution in [0.3, 0.4) is 0 Å². The number of hydrogen-bond donors (Lipinski definition) is 1. The zero-order valence-corrected chi connectivity index (χ0v) is 12.7. The Balaban J connectivity index is 2.39. The van der Waals surface area contributed by atoms with Gasteiger partial charge in [0.25, 0.3) is 0 Å². The van der Waals surface area contributed by atoms with Crippen molar-refractivity contribution in [2.24, 2.45) is 5.92 Å². The topological polar surface area (TPSA) is 57.6 Å². The summed E-state index contributed by atoms with van der Waals surface area (Å²) in [6.45, 7) is 1.64. The Morgan fingerprint density at radius 3 is 2.48 bits per heavy atom. The van der Waals surface area contributed by atoms with Crippen LogP contribution in [0, 0.1) is 17.6 Å².